The molecule has 0 aliphatic carbocycles. The molecule has 0 fully saturated rings. The van der Waals surface area contributed by atoms with Crippen LogP contribution in [0.15, 0.2) is 36.4 Å². The van der Waals surface area contributed by atoms with E-state index in [1.165, 1.54) is 11.3 Å². The fourth-order valence-electron chi connectivity index (χ4n) is 2.05. The smallest absolute Gasteiger partial charge is 0.261 e. The molecule has 0 bridgehead atoms. The first kappa shape index (κ1) is 15.1. The lowest BCUT2D eigenvalue weighted by molar-refractivity contribution is 0.0957. The first-order valence-electron chi connectivity index (χ1n) is 7.13. The predicted molar refractivity (Wildman–Crippen MR) is 93.5 cm³/mol. The SMILES string of the molecule is CC(N)CCNC(=O)c1ccc(-c2nc3ccccc3s2)s1. The molecule has 0 spiro atoms. The maximum Gasteiger partial charge on any atom is 0.261 e. The second kappa shape index (κ2) is 6.56. The standard InChI is InChI=1S/C16H17N3OS2/c1-10(17)8-9-18-15(20)13-6-7-14(21-13)16-19-11-4-2-3-5-12(11)22-16/h2-7,10H,8-9,17H2,1H3,(H,18,20). The molecular weight excluding hydrogens is 314 g/mol. The van der Waals surface area contributed by atoms with Crippen molar-refractivity contribution in [2.75, 3.05) is 6.54 Å². The van der Waals surface area contributed by atoms with Crippen molar-refractivity contribution in [3.63, 3.8) is 0 Å². The number of hydrogen-bond acceptors (Lipinski definition) is 5. The molecule has 1 unspecified atom stereocenters. The highest BCUT2D eigenvalue weighted by molar-refractivity contribution is 7.26. The number of carbonyl (C=O) groups excluding carboxylic acids is 1. The molecule has 114 valence electrons. The van der Waals surface area contributed by atoms with Crippen LogP contribution in [0.25, 0.3) is 20.1 Å². The van der Waals surface area contributed by atoms with Crippen molar-refractivity contribution in [2.24, 2.45) is 5.73 Å². The summed E-state index contributed by atoms with van der Waals surface area (Å²) in [5, 5.41) is 3.86. The van der Waals surface area contributed by atoms with Crippen LogP contribution in [0.3, 0.4) is 0 Å². The van der Waals surface area contributed by atoms with Crippen LogP contribution in [0.4, 0.5) is 0 Å². The lowest BCUT2D eigenvalue weighted by Crippen LogP contribution is -2.28. The molecule has 4 nitrogen and oxygen atoms in total. The monoisotopic (exact) mass is 331 g/mol. The number of thiazole rings is 1. The van der Waals surface area contributed by atoms with Crippen LogP contribution in [-0.4, -0.2) is 23.5 Å². The molecule has 0 aliphatic heterocycles. The van der Waals surface area contributed by atoms with Gasteiger partial charge in [-0.05, 0) is 37.6 Å². The van der Waals surface area contributed by atoms with Crippen LogP contribution in [0.2, 0.25) is 0 Å². The number of hydrogen-bond donors (Lipinski definition) is 2. The zero-order chi connectivity index (χ0) is 15.5. The second-order valence-electron chi connectivity index (χ2n) is 5.17. The lowest BCUT2D eigenvalue weighted by Gasteiger charge is -2.05. The molecule has 1 aromatic carbocycles. The third-order valence-electron chi connectivity index (χ3n) is 3.22. The summed E-state index contributed by atoms with van der Waals surface area (Å²) in [5.41, 5.74) is 6.68. The summed E-state index contributed by atoms with van der Waals surface area (Å²) in [5.74, 6) is -0.0435. The minimum absolute atomic E-state index is 0.0435. The van der Waals surface area contributed by atoms with Crippen molar-refractivity contribution in [2.45, 2.75) is 19.4 Å². The zero-order valence-corrected chi connectivity index (χ0v) is 13.8. The molecule has 3 aromatic rings. The number of carbonyl (C=O) groups is 1. The fraction of sp³-hybridized carbons (Fsp3) is 0.250. The van der Waals surface area contributed by atoms with E-state index in [9.17, 15) is 4.79 Å². The van der Waals surface area contributed by atoms with Crippen molar-refractivity contribution in [3.8, 4) is 9.88 Å². The molecule has 1 amide bonds. The van der Waals surface area contributed by atoms with E-state index >= 15 is 0 Å². The number of rotatable bonds is 5. The number of thiophene rings is 1. The minimum atomic E-state index is -0.0435. The highest BCUT2D eigenvalue weighted by Crippen LogP contribution is 2.34. The van der Waals surface area contributed by atoms with Crippen LogP contribution >= 0.6 is 22.7 Å². The summed E-state index contributed by atoms with van der Waals surface area (Å²) in [6, 6.07) is 12.0. The molecule has 0 radical (unpaired) electrons. The summed E-state index contributed by atoms with van der Waals surface area (Å²) >= 11 is 3.12. The van der Waals surface area contributed by atoms with E-state index in [4.69, 9.17) is 5.73 Å². The van der Waals surface area contributed by atoms with Crippen molar-refractivity contribution < 1.29 is 4.79 Å². The van der Waals surface area contributed by atoms with Gasteiger partial charge in [0.2, 0.25) is 0 Å². The fourth-order valence-corrected chi connectivity index (χ4v) is 4.00. The number of nitrogens with two attached hydrogens (primary N) is 1. The molecule has 22 heavy (non-hydrogen) atoms. The molecular formula is C16H17N3OS2. The Hall–Kier alpha value is -1.76. The highest BCUT2D eigenvalue weighted by Gasteiger charge is 2.13. The average Bonchev–Trinajstić information content (AvgIpc) is 3.13. The first-order valence-corrected chi connectivity index (χ1v) is 8.76. The molecule has 0 saturated heterocycles. The Bertz CT molecular complexity index is 758. The molecule has 1 atom stereocenters. The zero-order valence-electron chi connectivity index (χ0n) is 12.2. The Morgan fingerprint density at radius 3 is 2.86 bits per heavy atom. The Morgan fingerprint density at radius 1 is 1.27 bits per heavy atom. The number of nitrogens with one attached hydrogen (secondary N) is 1. The van der Waals surface area contributed by atoms with Crippen LogP contribution in [-0.2, 0) is 0 Å². The number of nitrogens with zero attached hydrogens (tertiary/aromatic N) is 1. The van der Waals surface area contributed by atoms with E-state index in [1.54, 1.807) is 11.3 Å². The summed E-state index contributed by atoms with van der Waals surface area (Å²) in [7, 11) is 0. The Balaban J connectivity index is 1.74. The van der Waals surface area contributed by atoms with Crippen LogP contribution < -0.4 is 11.1 Å². The van der Waals surface area contributed by atoms with Gasteiger partial charge in [0.15, 0.2) is 0 Å². The van der Waals surface area contributed by atoms with Crippen LogP contribution in [0, 0.1) is 0 Å². The molecule has 0 aliphatic rings. The largest absolute Gasteiger partial charge is 0.351 e. The number of aromatic nitrogens is 1. The maximum atomic E-state index is 12.1. The van der Waals surface area contributed by atoms with E-state index < -0.39 is 0 Å². The van der Waals surface area contributed by atoms with Crippen molar-refractivity contribution >= 4 is 38.8 Å². The molecule has 3 N–H and O–H groups in total. The van der Waals surface area contributed by atoms with E-state index in [0.717, 1.165) is 26.5 Å². The van der Waals surface area contributed by atoms with Crippen LogP contribution in [0.1, 0.15) is 23.0 Å². The lowest BCUT2D eigenvalue weighted by atomic mass is 10.2. The normalized spacial score (nSPS) is 12.5. The van der Waals surface area contributed by atoms with Gasteiger partial charge in [-0.1, -0.05) is 12.1 Å². The van der Waals surface area contributed by atoms with Crippen LogP contribution in [0.5, 0.6) is 0 Å². The van der Waals surface area contributed by atoms with Gasteiger partial charge in [-0.25, -0.2) is 4.98 Å². The van der Waals surface area contributed by atoms with E-state index in [1.807, 2.05) is 37.3 Å². The third kappa shape index (κ3) is 3.35. The average molecular weight is 331 g/mol. The van der Waals surface area contributed by atoms with Gasteiger partial charge in [0.25, 0.3) is 5.91 Å². The van der Waals surface area contributed by atoms with E-state index in [0.29, 0.717) is 11.4 Å². The summed E-state index contributed by atoms with van der Waals surface area (Å²) in [6.07, 6.45) is 0.780. The number of fused-ring (bicyclic) bond motifs is 1. The number of amides is 1. The van der Waals surface area contributed by atoms with Gasteiger partial charge in [0, 0.05) is 12.6 Å². The van der Waals surface area contributed by atoms with Gasteiger partial charge < -0.3 is 11.1 Å². The molecule has 3 rings (SSSR count). The van der Waals surface area contributed by atoms with Gasteiger partial charge in [0.05, 0.1) is 20.0 Å². The second-order valence-corrected chi connectivity index (χ2v) is 7.29. The number of para-hydroxylation sites is 1. The topological polar surface area (TPSA) is 68.0 Å². The highest BCUT2D eigenvalue weighted by atomic mass is 32.1. The quantitative estimate of drug-likeness (QED) is 0.752. The van der Waals surface area contributed by atoms with E-state index in [-0.39, 0.29) is 11.9 Å². The van der Waals surface area contributed by atoms with Gasteiger partial charge in [-0.3, -0.25) is 4.79 Å². The maximum absolute atomic E-state index is 12.1. The first-order chi connectivity index (χ1) is 10.6. The summed E-state index contributed by atoms with van der Waals surface area (Å²) in [6.45, 7) is 2.54. The molecule has 6 heteroatoms. The van der Waals surface area contributed by atoms with E-state index in [2.05, 4.69) is 16.4 Å². The van der Waals surface area contributed by atoms with Crippen molar-refractivity contribution in [1.29, 1.82) is 0 Å². The Morgan fingerprint density at radius 2 is 2.09 bits per heavy atom. The Kier molecular flexibility index (Phi) is 4.52. The van der Waals surface area contributed by atoms with Gasteiger partial charge in [-0.2, -0.15) is 0 Å². The van der Waals surface area contributed by atoms with Gasteiger partial charge in [-0.15, -0.1) is 22.7 Å². The summed E-state index contributed by atoms with van der Waals surface area (Å²) < 4.78 is 1.16. The van der Waals surface area contributed by atoms with Crippen molar-refractivity contribution in [1.82, 2.24) is 10.3 Å². The van der Waals surface area contributed by atoms with Crippen molar-refractivity contribution in [3.05, 3.63) is 41.3 Å². The molecule has 2 aromatic heterocycles. The minimum Gasteiger partial charge on any atom is -0.351 e. The predicted octanol–water partition coefficient (Wildman–Crippen LogP) is 3.49. The molecule has 0 saturated carbocycles. The van der Waals surface area contributed by atoms with Gasteiger partial charge >= 0.3 is 0 Å². The molecule has 2 heterocycles. The summed E-state index contributed by atoms with van der Waals surface area (Å²) in [4.78, 5) is 18.4. The number of benzene rings is 1. The van der Waals surface area contributed by atoms with Gasteiger partial charge in [0.1, 0.15) is 5.01 Å². The Labute approximate surface area is 137 Å². The third-order valence-corrected chi connectivity index (χ3v) is 5.51.